The number of hydrogen-bond acceptors (Lipinski definition) is 3. The van der Waals surface area contributed by atoms with E-state index in [4.69, 9.17) is 15.7 Å². The van der Waals surface area contributed by atoms with E-state index in [1.165, 1.54) is 0 Å². The van der Waals surface area contributed by atoms with Crippen molar-refractivity contribution in [3.05, 3.63) is 28.8 Å². The standard InChI is InChI=1S/C16H24N2O/c1-10-7-13(9-17)8-11(2)14(10)19-15(12(3)18)16(4,5)6/h7-8,12,15H,18H2,1-6H3. The van der Waals surface area contributed by atoms with Crippen LogP contribution in [0, 0.1) is 30.6 Å². The van der Waals surface area contributed by atoms with Crippen LogP contribution < -0.4 is 10.5 Å². The molecule has 0 spiro atoms. The molecule has 3 heteroatoms. The number of ether oxygens (including phenoxy) is 1. The number of aryl methyl sites for hydroxylation is 2. The van der Waals surface area contributed by atoms with E-state index >= 15 is 0 Å². The average Bonchev–Trinajstić information content (AvgIpc) is 2.25. The van der Waals surface area contributed by atoms with Crippen LogP contribution in [0.25, 0.3) is 0 Å². The molecule has 0 saturated carbocycles. The van der Waals surface area contributed by atoms with Gasteiger partial charge in [-0.25, -0.2) is 0 Å². The van der Waals surface area contributed by atoms with Gasteiger partial charge in [0.15, 0.2) is 0 Å². The lowest BCUT2D eigenvalue weighted by Gasteiger charge is -2.35. The quantitative estimate of drug-likeness (QED) is 0.907. The second-order valence-electron chi connectivity index (χ2n) is 6.31. The van der Waals surface area contributed by atoms with Gasteiger partial charge in [0.05, 0.1) is 11.6 Å². The second-order valence-corrected chi connectivity index (χ2v) is 6.31. The van der Waals surface area contributed by atoms with Gasteiger partial charge in [-0.2, -0.15) is 5.26 Å². The molecule has 2 atom stereocenters. The number of benzene rings is 1. The smallest absolute Gasteiger partial charge is 0.125 e. The van der Waals surface area contributed by atoms with Crippen molar-refractivity contribution in [3.8, 4) is 11.8 Å². The van der Waals surface area contributed by atoms with Crippen LogP contribution in [0.1, 0.15) is 44.4 Å². The van der Waals surface area contributed by atoms with Crippen LogP contribution in [0.4, 0.5) is 0 Å². The molecule has 0 aliphatic heterocycles. The monoisotopic (exact) mass is 260 g/mol. The Labute approximate surface area is 116 Å². The highest BCUT2D eigenvalue weighted by Gasteiger charge is 2.30. The van der Waals surface area contributed by atoms with Gasteiger partial charge in [0.25, 0.3) is 0 Å². The Bertz CT molecular complexity index is 469. The normalized spacial score (nSPS) is 14.6. The Balaban J connectivity index is 3.15. The highest BCUT2D eigenvalue weighted by Crippen LogP contribution is 2.31. The number of hydrogen-bond donors (Lipinski definition) is 1. The zero-order valence-corrected chi connectivity index (χ0v) is 12.7. The van der Waals surface area contributed by atoms with Gasteiger partial charge in [0.2, 0.25) is 0 Å². The molecule has 0 radical (unpaired) electrons. The first kappa shape index (κ1) is 15.5. The summed E-state index contributed by atoms with van der Waals surface area (Å²) in [6.45, 7) is 12.2. The molecule has 0 heterocycles. The molecule has 3 nitrogen and oxygen atoms in total. The summed E-state index contributed by atoms with van der Waals surface area (Å²) in [5.41, 5.74) is 8.63. The molecule has 0 bridgehead atoms. The third kappa shape index (κ3) is 3.71. The first-order valence-corrected chi connectivity index (χ1v) is 6.60. The highest BCUT2D eigenvalue weighted by molar-refractivity contribution is 5.47. The van der Waals surface area contributed by atoms with Crippen molar-refractivity contribution in [2.75, 3.05) is 0 Å². The van der Waals surface area contributed by atoms with Crippen molar-refractivity contribution in [3.63, 3.8) is 0 Å². The van der Waals surface area contributed by atoms with E-state index in [0.717, 1.165) is 16.9 Å². The van der Waals surface area contributed by atoms with E-state index in [2.05, 4.69) is 26.8 Å². The summed E-state index contributed by atoms with van der Waals surface area (Å²) in [6, 6.07) is 5.80. The van der Waals surface area contributed by atoms with Gasteiger partial charge in [-0.15, -0.1) is 0 Å². The lowest BCUT2D eigenvalue weighted by Crippen LogP contribution is -2.45. The molecule has 1 aromatic carbocycles. The SMILES string of the molecule is Cc1cc(C#N)cc(C)c1OC(C(C)N)C(C)(C)C. The first-order chi connectivity index (χ1) is 8.66. The zero-order chi connectivity index (χ0) is 14.8. The van der Waals surface area contributed by atoms with Crippen LogP contribution in [-0.2, 0) is 0 Å². The molecule has 0 amide bonds. The van der Waals surface area contributed by atoms with E-state index in [1.54, 1.807) is 0 Å². The minimum Gasteiger partial charge on any atom is -0.488 e. The number of nitriles is 1. The Morgan fingerprint density at radius 1 is 1.21 bits per heavy atom. The predicted octanol–water partition coefficient (Wildman–Crippen LogP) is 3.32. The fourth-order valence-electron chi connectivity index (χ4n) is 2.40. The fraction of sp³-hybridized carbons (Fsp3) is 0.562. The third-order valence-corrected chi connectivity index (χ3v) is 3.17. The Kier molecular flexibility index (Phi) is 4.60. The summed E-state index contributed by atoms with van der Waals surface area (Å²) in [5.74, 6) is 0.844. The molecule has 0 aliphatic carbocycles. The summed E-state index contributed by atoms with van der Waals surface area (Å²) >= 11 is 0. The van der Waals surface area contributed by atoms with Gasteiger partial charge < -0.3 is 10.5 Å². The molecule has 2 unspecified atom stereocenters. The molecule has 1 aromatic rings. The van der Waals surface area contributed by atoms with Gasteiger partial charge in [-0.05, 0) is 44.0 Å². The van der Waals surface area contributed by atoms with E-state index < -0.39 is 0 Å². The Morgan fingerprint density at radius 3 is 2.00 bits per heavy atom. The van der Waals surface area contributed by atoms with Crippen LogP contribution in [0.15, 0.2) is 12.1 Å². The zero-order valence-electron chi connectivity index (χ0n) is 12.7. The van der Waals surface area contributed by atoms with Gasteiger partial charge in [-0.1, -0.05) is 20.8 Å². The minimum atomic E-state index is -0.0714. The molecule has 104 valence electrons. The van der Waals surface area contributed by atoms with Crippen molar-refractivity contribution in [1.29, 1.82) is 5.26 Å². The largest absolute Gasteiger partial charge is 0.488 e. The molecular weight excluding hydrogens is 236 g/mol. The molecule has 19 heavy (non-hydrogen) atoms. The fourth-order valence-corrected chi connectivity index (χ4v) is 2.40. The topological polar surface area (TPSA) is 59.0 Å². The average molecular weight is 260 g/mol. The Morgan fingerprint density at radius 2 is 1.68 bits per heavy atom. The summed E-state index contributed by atoms with van der Waals surface area (Å²) in [6.07, 6.45) is -0.0714. The van der Waals surface area contributed by atoms with Crippen molar-refractivity contribution < 1.29 is 4.74 Å². The molecule has 0 saturated heterocycles. The maximum Gasteiger partial charge on any atom is 0.125 e. The summed E-state index contributed by atoms with van der Waals surface area (Å²) in [5, 5.41) is 8.97. The molecular formula is C16H24N2O. The van der Waals surface area contributed by atoms with E-state index in [0.29, 0.717) is 5.56 Å². The molecule has 2 N–H and O–H groups in total. The molecule has 0 fully saturated rings. The molecule has 0 aliphatic rings. The second kappa shape index (κ2) is 5.63. The lowest BCUT2D eigenvalue weighted by atomic mass is 9.85. The van der Waals surface area contributed by atoms with Gasteiger partial charge in [-0.3, -0.25) is 0 Å². The third-order valence-electron chi connectivity index (χ3n) is 3.17. The van der Waals surface area contributed by atoms with Crippen LogP contribution in [0.2, 0.25) is 0 Å². The van der Waals surface area contributed by atoms with Crippen LogP contribution >= 0.6 is 0 Å². The van der Waals surface area contributed by atoms with Crippen LogP contribution in [0.5, 0.6) is 5.75 Å². The summed E-state index contributed by atoms with van der Waals surface area (Å²) < 4.78 is 6.17. The van der Waals surface area contributed by atoms with Crippen molar-refractivity contribution in [2.24, 2.45) is 11.1 Å². The predicted molar refractivity (Wildman–Crippen MR) is 78.2 cm³/mol. The van der Waals surface area contributed by atoms with Crippen LogP contribution in [0.3, 0.4) is 0 Å². The van der Waals surface area contributed by atoms with E-state index in [9.17, 15) is 0 Å². The van der Waals surface area contributed by atoms with Gasteiger partial charge >= 0.3 is 0 Å². The van der Waals surface area contributed by atoms with E-state index in [1.807, 2.05) is 32.9 Å². The van der Waals surface area contributed by atoms with Crippen molar-refractivity contribution in [2.45, 2.75) is 53.7 Å². The maximum atomic E-state index is 8.97. The lowest BCUT2D eigenvalue weighted by molar-refractivity contribution is 0.0671. The molecule has 0 aromatic heterocycles. The Hall–Kier alpha value is -1.53. The number of rotatable bonds is 3. The molecule has 1 rings (SSSR count). The number of nitrogens with two attached hydrogens (primary N) is 1. The van der Waals surface area contributed by atoms with Gasteiger partial charge in [0.1, 0.15) is 11.9 Å². The minimum absolute atomic E-state index is 0.0407. The highest BCUT2D eigenvalue weighted by atomic mass is 16.5. The van der Waals surface area contributed by atoms with Gasteiger partial charge in [0, 0.05) is 11.5 Å². The summed E-state index contributed by atoms with van der Waals surface area (Å²) in [7, 11) is 0. The first-order valence-electron chi connectivity index (χ1n) is 6.60. The van der Waals surface area contributed by atoms with E-state index in [-0.39, 0.29) is 17.6 Å². The number of nitrogens with zero attached hydrogens (tertiary/aromatic N) is 1. The van der Waals surface area contributed by atoms with Crippen molar-refractivity contribution in [1.82, 2.24) is 0 Å². The van der Waals surface area contributed by atoms with Crippen molar-refractivity contribution >= 4 is 0 Å². The maximum absolute atomic E-state index is 8.97. The summed E-state index contributed by atoms with van der Waals surface area (Å²) in [4.78, 5) is 0. The van der Waals surface area contributed by atoms with Crippen LogP contribution in [-0.4, -0.2) is 12.1 Å².